The van der Waals surface area contributed by atoms with Crippen molar-refractivity contribution in [3.8, 4) is 11.4 Å². The first-order valence-electron chi connectivity index (χ1n) is 10.4. The molecule has 1 aliphatic heterocycles. The number of amides is 1. The number of carbonyl (C=O) groups is 1. The average molecular weight is 416 g/mol. The molecule has 0 N–H and O–H groups in total. The molecule has 3 aromatic heterocycles. The smallest absolute Gasteiger partial charge is 0.300 e. The molecule has 6 rings (SSSR count). The summed E-state index contributed by atoms with van der Waals surface area (Å²) in [6, 6.07) is 11.6. The van der Waals surface area contributed by atoms with Gasteiger partial charge in [-0.25, -0.2) is 4.98 Å². The monoisotopic (exact) mass is 416 g/mol. The third-order valence-electron chi connectivity index (χ3n) is 5.75. The van der Waals surface area contributed by atoms with Crippen LogP contribution in [-0.2, 0) is 0 Å². The third kappa shape index (κ3) is 3.41. The van der Waals surface area contributed by atoms with Crippen LogP contribution in [0.5, 0.6) is 0 Å². The zero-order valence-electron chi connectivity index (χ0n) is 16.8. The molecule has 0 atom stereocenters. The predicted molar refractivity (Wildman–Crippen MR) is 112 cm³/mol. The van der Waals surface area contributed by atoms with Crippen molar-refractivity contribution in [2.45, 2.75) is 18.8 Å². The Morgan fingerprint density at radius 3 is 2.55 bits per heavy atom. The molecule has 2 fully saturated rings. The number of piperazine rings is 1. The zero-order valence-corrected chi connectivity index (χ0v) is 16.8. The molecule has 0 radical (unpaired) electrons. The maximum Gasteiger partial charge on any atom is 0.300 e. The lowest BCUT2D eigenvalue weighted by molar-refractivity contribution is 0.0745. The van der Waals surface area contributed by atoms with Crippen molar-refractivity contribution in [3.63, 3.8) is 0 Å². The summed E-state index contributed by atoms with van der Waals surface area (Å²) in [5, 5.41) is 4.06. The summed E-state index contributed by atoms with van der Waals surface area (Å²) in [4.78, 5) is 30.0. The first-order chi connectivity index (χ1) is 15.2. The molecule has 0 spiro atoms. The topological polar surface area (TPSA) is 101 Å². The van der Waals surface area contributed by atoms with Gasteiger partial charge in [0, 0.05) is 49.4 Å². The van der Waals surface area contributed by atoms with Gasteiger partial charge in [0.05, 0.1) is 0 Å². The lowest BCUT2D eigenvalue weighted by atomic mass is 10.1. The highest BCUT2D eigenvalue weighted by molar-refractivity contribution is 5.94. The minimum absolute atomic E-state index is 0.0113. The van der Waals surface area contributed by atoms with E-state index in [0.29, 0.717) is 66.6 Å². The highest BCUT2D eigenvalue weighted by Gasteiger charge is 2.30. The van der Waals surface area contributed by atoms with E-state index in [1.165, 1.54) is 0 Å². The minimum Gasteiger partial charge on any atom is -0.422 e. The summed E-state index contributed by atoms with van der Waals surface area (Å²) in [6.45, 7) is 2.51. The van der Waals surface area contributed by atoms with E-state index in [1.54, 1.807) is 6.20 Å². The first kappa shape index (κ1) is 18.1. The lowest BCUT2D eigenvalue weighted by Crippen LogP contribution is -2.48. The van der Waals surface area contributed by atoms with Gasteiger partial charge in [0.25, 0.3) is 11.9 Å². The van der Waals surface area contributed by atoms with Crippen LogP contribution in [0.1, 0.15) is 35.0 Å². The van der Waals surface area contributed by atoms with Crippen LogP contribution in [0.25, 0.3) is 22.6 Å². The second kappa shape index (κ2) is 7.19. The molecule has 4 aromatic rings. The van der Waals surface area contributed by atoms with E-state index >= 15 is 0 Å². The Kier molecular flexibility index (Phi) is 4.19. The van der Waals surface area contributed by atoms with Crippen LogP contribution in [0, 0.1) is 0 Å². The number of oxazole rings is 1. The molecule has 156 valence electrons. The fraction of sp³-hybridized carbons (Fsp3) is 0.318. The fourth-order valence-electron chi connectivity index (χ4n) is 3.79. The van der Waals surface area contributed by atoms with Crippen LogP contribution in [0.15, 0.2) is 51.5 Å². The summed E-state index contributed by atoms with van der Waals surface area (Å²) in [7, 11) is 0. The van der Waals surface area contributed by atoms with Gasteiger partial charge in [0.15, 0.2) is 5.58 Å². The molecule has 1 saturated heterocycles. The maximum atomic E-state index is 12.9. The van der Waals surface area contributed by atoms with Crippen molar-refractivity contribution < 1.29 is 13.7 Å². The Balaban J connectivity index is 1.11. The zero-order chi connectivity index (χ0) is 20.8. The molecule has 1 saturated carbocycles. The van der Waals surface area contributed by atoms with Crippen molar-refractivity contribution in [1.29, 1.82) is 0 Å². The summed E-state index contributed by atoms with van der Waals surface area (Å²) in [5.74, 6) is 1.72. The van der Waals surface area contributed by atoms with Gasteiger partial charge in [0.1, 0.15) is 0 Å². The van der Waals surface area contributed by atoms with Crippen LogP contribution in [0.4, 0.5) is 6.01 Å². The number of carbonyl (C=O) groups excluding carboxylic acids is 1. The first-order valence-corrected chi connectivity index (χ1v) is 10.4. The Hall–Kier alpha value is -3.75. The van der Waals surface area contributed by atoms with Gasteiger partial charge in [-0.05, 0) is 37.1 Å². The Morgan fingerprint density at radius 1 is 1.00 bits per heavy atom. The van der Waals surface area contributed by atoms with Gasteiger partial charge < -0.3 is 18.7 Å². The Bertz CT molecular complexity index is 1200. The number of pyridine rings is 1. The van der Waals surface area contributed by atoms with Crippen molar-refractivity contribution in [1.82, 2.24) is 25.0 Å². The van der Waals surface area contributed by atoms with E-state index in [0.717, 1.165) is 18.4 Å². The maximum absolute atomic E-state index is 12.9. The van der Waals surface area contributed by atoms with E-state index in [9.17, 15) is 4.79 Å². The number of fused-ring (bicyclic) bond motifs is 1. The van der Waals surface area contributed by atoms with E-state index < -0.39 is 0 Å². The minimum atomic E-state index is 0.0113. The largest absolute Gasteiger partial charge is 0.422 e. The second-order valence-electron chi connectivity index (χ2n) is 7.91. The molecule has 0 bridgehead atoms. The van der Waals surface area contributed by atoms with E-state index in [4.69, 9.17) is 8.94 Å². The summed E-state index contributed by atoms with van der Waals surface area (Å²) < 4.78 is 11.1. The summed E-state index contributed by atoms with van der Waals surface area (Å²) in [5.41, 5.74) is 2.76. The number of rotatable bonds is 4. The summed E-state index contributed by atoms with van der Waals surface area (Å²) in [6.07, 6.45) is 3.93. The molecule has 9 nitrogen and oxygen atoms in total. The highest BCUT2D eigenvalue weighted by atomic mass is 16.5. The van der Waals surface area contributed by atoms with Crippen LogP contribution in [0.2, 0.25) is 0 Å². The molecule has 9 heteroatoms. The molecule has 31 heavy (non-hydrogen) atoms. The van der Waals surface area contributed by atoms with E-state index in [2.05, 4.69) is 20.1 Å². The number of hydrogen-bond acceptors (Lipinski definition) is 8. The van der Waals surface area contributed by atoms with Gasteiger partial charge >= 0.3 is 0 Å². The molecule has 2 aliphatic rings. The SMILES string of the molecule is O=C(c1ccc(-c2noc(C3CC3)n2)cc1)N1CCN(c2nc3ncccc3o2)CC1. The van der Waals surface area contributed by atoms with E-state index in [1.807, 2.05) is 46.2 Å². The van der Waals surface area contributed by atoms with Crippen LogP contribution in [0.3, 0.4) is 0 Å². The Labute approximate surface area is 177 Å². The van der Waals surface area contributed by atoms with Crippen molar-refractivity contribution in [2.24, 2.45) is 0 Å². The average Bonchev–Trinajstić information content (AvgIpc) is 3.39. The highest BCUT2D eigenvalue weighted by Crippen LogP contribution is 2.39. The molecular weight excluding hydrogens is 396 g/mol. The molecule has 1 aromatic carbocycles. The van der Waals surface area contributed by atoms with Crippen LogP contribution >= 0.6 is 0 Å². The standard InChI is InChI=1S/C22H20N6O3/c29-21(16-7-3-14(4-8-16)18-24-20(31-26-18)15-5-6-15)27-10-12-28(13-11-27)22-25-19-17(30-22)2-1-9-23-19/h1-4,7-9,15H,5-6,10-13H2. The number of aromatic nitrogens is 4. The van der Waals surface area contributed by atoms with Crippen molar-refractivity contribution in [2.75, 3.05) is 31.1 Å². The number of anilines is 1. The Morgan fingerprint density at radius 2 is 1.81 bits per heavy atom. The lowest BCUT2D eigenvalue weighted by Gasteiger charge is -2.33. The van der Waals surface area contributed by atoms with Crippen molar-refractivity contribution in [3.05, 3.63) is 54.0 Å². The number of hydrogen-bond donors (Lipinski definition) is 0. The van der Waals surface area contributed by atoms with Crippen molar-refractivity contribution >= 4 is 23.2 Å². The van der Waals surface area contributed by atoms with Gasteiger partial charge in [-0.1, -0.05) is 17.3 Å². The quantitative estimate of drug-likeness (QED) is 0.500. The number of nitrogens with zero attached hydrogens (tertiary/aromatic N) is 6. The van der Waals surface area contributed by atoms with Gasteiger partial charge in [0.2, 0.25) is 17.4 Å². The van der Waals surface area contributed by atoms with Gasteiger partial charge in [-0.3, -0.25) is 4.79 Å². The summed E-state index contributed by atoms with van der Waals surface area (Å²) >= 11 is 0. The van der Waals surface area contributed by atoms with Crippen LogP contribution in [-0.4, -0.2) is 57.1 Å². The predicted octanol–water partition coefficient (Wildman–Crippen LogP) is 3.11. The van der Waals surface area contributed by atoms with Gasteiger partial charge in [-0.2, -0.15) is 9.97 Å². The number of benzene rings is 1. The second-order valence-corrected chi connectivity index (χ2v) is 7.91. The molecule has 1 aliphatic carbocycles. The molecule has 1 amide bonds. The van der Waals surface area contributed by atoms with Crippen LogP contribution < -0.4 is 4.90 Å². The van der Waals surface area contributed by atoms with Gasteiger partial charge in [-0.15, -0.1) is 0 Å². The van der Waals surface area contributed by atoms with E-state index in [-0.39, 0.29) is 5.91 Å². The third-order valence-corrected chi connectivity index (χ3v) is 5.75. The molecule has 4 heterocycles. The molecular formula is C22H20N6O3. The molecule has 0 unspecified atom stereocenters. The normalized spacial score (nSPS) is 16.8. The fourth-order valence-corrected chi connectivity index (χ4v) is 3.79.